The molecule has 0 saturated carbocycles. The summed E-state index contributed by atoms with van der Waals surface area (Å²) in [5.41, 5.74) is 7.33. The van der Waals surface area contributed by atoms with Gasteiger partial charge in [-0.2, -0.15) is 5.10 Å². The largest absolute Gasteiger partial charge is 0.389 e. The van der Waals surface area contributed by atoms with Crippen molar-refractivity contribution >= 4 is 39.5 Å². The Morgan fingerprint density at radius 2 is 1.85 bits per heavy atom. The number of benzene rings is 2. The van der Waals surface area contributed by atoms with Crippen LogP contribution in [0, 0.1) is 0 Å². The number of nitrogens with one attached hydrogen (secondary N) is 1. The van der Waals surface area contributed by atoms with Gasteiger partial charge in [-0.25, -0.2) is 0 Å². The van der Waals surface area contributed by atoms with Gasteiger partial charge in [0.15, 0.2) is 5.82 Å². The summed E-state index contributed by atoms with van der Waals surface area (Å²) >= 11 is 5.03. The maximum atomic E-state index is 5.70. The molecular weight excluding hydrogens is 268 g/mol. The first-order valence-corrected chi connectivity index (χ1v) is 6.53. The lowest BCUT2D eigenvalue weighted by Gasteiger charge is -2.11. The average Bonchev–Trinajstić information content (AvgIpc) is 2.48. The highest BCUT2D eigenvalue weighted by Crippen LogP contribution is 2.26. The molecule has 0 aliphatic carbocycles. The molecule has 4 nitrogen and oxygen atoms in total. The molecule has 5 heteroatoms. The summed E-state index contributed by atoms with van der Waals surface area (Å²) in [6.07, 6.45) is 1.57. The standard InChI is InChI=1S/C15H12N4S/c16-14(20)12-8-9-17-19-15(12)18-13-7-3-5-10-4-1-2-6-11(10)13/h1-9H,(H2,16,20)(H,18,19). The lowest BCUT2D eigenvalue weighted by Crippen LogP contribution is -2.13. The minimum Gasteiger partial charge on any atom is -0.389 e. The lowest BCUT2D eigenvalue weighted by molar-refractivity contribution is 1.03. The minimum absolute atomic E-state index is 0.294. The topological polar surface area (TPSA) is 63.8 Å². The second kappa shape index (κ2) is 5.22. The van der Waals surface area contributed by atoms with Gasteiger partial charge in [0.2, 0.25) is 0 Å². The van der Waals surface area contributed by atoms with Crippen LogP contribution in [0.1, 0.15) is 5.56 Å². The zero-order valence-corrected chi connectivity index (χ0v) is 11.4. The molecule has 1 aromatic heterocycles. The SMILES string of the molecule is NC(=S)c1ccnnc1Nc1cccc2ccccc12. The molecule has 0 amide bonds. The summed E-state index contributed by atoms with van der Waals surface area (Å²) < 4.78 is 0. The Balaban J connectivity index is 2.08. The van der Waals surface area contributed by atoms with Crippen molar-refractivity contribution in [2.45, 2.75) is 0 Å². The molecule has 0 aliphatic rings. The van der Waals surface area contributed by atoms with E-state index in [0.29, 0.717) is 16.4 Å². The van der Waals surface area contributed by atoms with E-state index in [1.165, 1.54) is 0 Å². The highest BCUT2D eigenvalue weighted by atomic mass is 32.1. The number of aromatic nitrogens is 2. The molecule has 0 bridgehead atoms. The van der Waals surface area contributed by atoms with Gasteiger partial charge < -0.3 is 11.1 Å². The van der Waals surface area contributed by atoms with E-state index in [1.807, 2.05) is 24.3 Å². The molecule has 0 atom stereocenters. The van der Waals surface area contributed by atoms with Crippen LogP contribution in [0.2, 0.25) is 0 Å². The van der Waals surface area contributed by atoms with Crippen molar-refractivity contribution < 1.29 is 0 Å². The van der Waals surface area contributed by atoms with Gasteiger partial charge >= 0.3 is 0 Å². The van der Waals surface area contributed by atoms with Gasteiger partial charge in [-0.3, -0.25) is 0 Å². The molecule has 1 heterocycles. The summed E-state index contributed by atoms with van der Waals surface area (Å²) in [5, 5.41) is 13.5. The van der Waals surface area contributed by atoms with Crippen LogP contribution in [-0.2, 0) is 0 Å². The predicted molar refractivity (Wildman–Crippen MR) is 85.2 cm³/mol. The van der Waals surface area contributed by atoms with Crippen molar-refractivity contribution in [3.8, 4) is 0 Å². The molecule has 0 aliphatic heterocycles. The number of rotatable bonds is 3. The molecule has 0 fully saturated rings. The van der Waals surface area contributed by atoms with Crippen molar-refractivity contribution in [2.24, 2.45) is 5.73 Å². The molecular formula is C15H12N4S. The maximum absolute atomic E-state index is 5.70. The van der Waals surface area contributed by atoms with Crippen LogP contribution in [0.15, 0.2) is 54.7 Å². The summed E-state index contributed by atoms with van der Waals surface area (Å²) in [6.45, 7) is 0. The summed E-state index contributed by atoms with van der Waals surface area (Å²) in [6, 6.07) is 15.9. The summed E-state index contributed by atoms with van der Waals surface area (Å²) in [7, 11) is 0. The highest BCUT2D eigenvalue weighted by molar-refractivity contribution is 7.80. The third-order valence-corrected chi connectivity index (χ3v) is 3.25. The maximum Gasteiger partial charge on any atom is 0.163 e. The van der Waals surface area contributed by atoms with E-state index in [2.05, 4.69) is 33.7 Å². The number of fused-ring (bicyclic) bond motifs is 1. The fourth-order valence-corrected chi connectivity index (χ4v) is 2.25. The van der Waals surface area contributed by atoms with Crippen molar-refractivity contribution in [1.82, 2.24) is 10.2 Å². The molecule has 0 radical (unpaired) electrons. The van der Waals surface area contributed by atoms with Crippen LogP contribution in [0.3, 0.4) is 0 Å². The van der Waals surface area contributed by atoms with Crippen molar-refractivity contribution in [3.05, 3.63) is 60.3 Å². The smallest absolute Gasteiger partial charge is 0.163 e. The second-order valence-corrected chi connectivity index (χ2v) is 4.75. The van der Waals surface area contributed by atoms with E-state index < -0.39 is 0 Å². The Labute approximate surface area is 121 Å². The predicted octanol–water partition coefficient (Wildman–Crippen LogP) is 3.01. The number of hydrogen-bond acceptors (Lipinski definition) is 4. The zero-order valence-electron chi connectivity index (χ0n) is 10.6. The van der Waals surface area contributed by atoms with Gasteiger partial charge in [0, 0.05) is 11.1 Å². The fraction of sp³-hybridized carbons (Fsp3) is 0. The van der Waals surface area contributed by atoms with Crippen molar-refractivity contribution in [3.63, 3.8) is 0 Å². The Morgan fingerprint density at radius 3 is 2.70 bits per heavy atom. The van der Waals surface area contributed by atoms with Gasteiger partial charge in [-0.05, 0) is 17.5 Å². The van der Waals surface area contributed by atoms with Gasteiger partial charge in [0.05, 0.1) is 11.8 Å². The second-order valence-electron chi connectivity index (χ2n) is 4.31. The Morgan fingerprint density at radius 1 is 1.05 bits per heavy atom. The minimum atomic E-state index is 0.294. The Hall–Kier alpha value is -2.53. The number of nitrogens with zero attached hydrogens (tertiary/aromatic N) is 2. The van der Waals surface area contributed by atoms with Crippen LogP contribution in [0.5, 0.6) is 0 Å². The summed E-state index contributed by atoms with van der Waals surface area (Å²) in [4.78, 5) is 0.294. The van der Waals surface area contributed by atoms with Crippen molar-refractivity contribution in [2.75, 3.05) is 5.32 Å². The van der Waals surface area contributed by atoms with E-state index in [-0.39, 0.29) is 0 Å². The van der Waals surface area contributed by atoms with E-state index >= 15 is 0 Å². The highest BCUT2D eigenvalue weighted by Gasteiger charge is 2.08. The van der Waals surface area contributed by atoms with Crippen LogP contribution >= 0.6 is 12.2 Å². The van der Waals surface area contributed by atoms with Crippen LogP contribution in [0.25, 0.3) is 10.8 Å². The molecule has 3 aromatic rings. The number of thiocarbonyl (C=S) groups is 1. The quantitative estimate of drug-likeness (QED) is 0.722. The third kappa shape index (κ3) is 2.31. The van der Waals surface area contributed by atoms with Crippen LogP contribution < -0.4 is 11.1 Å². The normalized spacial score (nSPS) is 10.4. The Bertz CT molecular complexity index is 780. The van der Waals surface area contributed by atoms with E-state index in [9.17, 15) is 0 Å². The molecule has 0 unspecified atom stereocenters. The molecule has 2 aromatic carbocycles. The zero-order chi connectivity index (χ0) is 13.9. The van der Waals surface area contributed by atoms with Crippen LogP contribution in [-0.4, -0.2) is 15.2 Å². The van der Waals surface area contributed by atoms with E-state index in [1.54, 1.807) is 12.3 Å². The van der Waals surface area contributed by atoms with Gasteiger partial charge in [0.1, 0.15) is 4.99 Å². The van der Waals surface area contributed by atoms with E-state index in [0.717, 1.165) is 16.5 Å². The van der Waals surface area contributed by atoms with Crippen LogP contribution in [0.4, 0.5) is 11.5 Å². The first kappa shape index (κ1) is 12.5. The molecule has 3 rings (SSSR count). The molecule has 20 heavy (non-hydrogen) atoms. The van der Waals surface area contributed by atoms with E-state index in [4.69, 9.17) is 18.0 Å². The lowest BCUT2D eigenvalue weighted by atomic mass is 10.1. The first-order chi connectivity index (χ1) is 9.75. The van der Waals surface area contributed by atoms with Crippen molar-refractivity contribution in [1.29, 1.82) is 0 Å². The fourth-order valence-electron chi connectivity index (χ4n) is 2.08. The average molecular weight is 280 g/mol. The number of hydrogen-bond donors (Lipinski definition) is 2. The molecule has 3 N–H and O–H groups in total. The molecule has 0 saturated heterocycles. The molecule has 98 valence electrons. The number of nitrogens with two attached hydrogens (primary N) is 1. The molecule has 0 spiro atoms. The number of anilines is 2. The summed E-state index contributed by atoms with van der Waals surface area (Å²) in [5.74, 6) is 0.566. The monoisotopic (exact) mass is 280 g/mol. The first-order valence-electron chi connectivity index (χ1n) is 6.12. The van der Waals surface area contributed by atoms with Gasteiger partial charge in [-0.1, -0.05) is 48.6 Å². The Kier molecular flexibility index (Phi) is 3.26. The van der Waals surface area contributed by atoms with Gasteiger partial charge in [0.25, 0.3) is 0 Å². The third-order valence-electron chi connectivity index (χ3n) is 3.03. The van der Waals surface area contributed by atoms with Gasteiger partial charge in [-0.15, -0.1) is 5.10 Å².